The molecule has 1 aliphatic rings. The predicted molar refractivity (Wildman–Crippen MR) is 68.4 cm³/mol. The summed E-state index contributed by atoms with van der Waals surface area (Å²) >= 11 is 0. The van der Waals surface area contributed by atoms with Gasteiger partial charge in [-0.25, -0.2) is 0 Å². The molecule has 0 spiro atoms. The van der Waals surface area contributed by atoms with Gasteiger partial charge in [-0.05, 0) is 39.0 Å². The summed E-state index contributed by atoms with van der Waals surface area (Å²) in [6.45, 7) is 4.70. The average molecular weight is 276 g/mol. The lowest BCUT2D eigenvalue weighted by atomic mass is 9.77. The van der Waals surface area contributed by atoms with Gasteiger partial charge in [-0.1, -0.05) is 13.3 Å². The van der Waals surface area contributed by atoms with Crippen LogP contribution in [0.25, 0.3) is 0 Å². The second-order valence-corrected chi connectivity index (χ2v) is 5.77. The Bertz CT molecular complexity index is 320. The van der Waals surface area contributed by atoms with Crippen molar-refractivity contribution >= 4 is 0 Å². The molecule has 0 aromatic heterocycles. The first-order valence-corrected chi connectivity index (χ1v) is 7.00. The maximum Gasteiger partial charge on any atom is 0.401 e. The van der Waals surface area contributed by atoms with Crippen LogP contribution in [0.5, 0.6) is 0 Å². The van der Waals surface area contributed by atoms with Gasteiger partial charge in [0.1, 0.15) is 0 Å². The Morgan fingerprint density at radius 3 is 2.37 bits per heavy atom. The minimum atomic E-state index is -4.20. The first kappa shape index (κ1) is 16.3. The van der Waals surface area contributed by atoms with Gasteiger partial charge < -0.3 is 0 Å². The van der Waals surface area contributed by atoms with E-state index < -0.39 is 12.7 Å². The molecule has 5 heteroatoms. The van der Waals surface area contributed by atoms with Crippen molar-refractivity contribution in [3.05, 3.63) is 0 Å². The summed E-state index contributed by atoms with van der Waals surface area (Å²) in [6, 6.07) is 1.76. The predicted octanol–water partition coefficient (Wildman–Crippen LogP) is 3.98. The molecule has 19 heavy (non-hydrogen) atoms. The van der Waals surface area contributed by atoms with Gasteiger partial charge in [-0.15, -0.1) is 0 Å². The number of hydrogen-bond acceptors (Lipinski definition) is 2. The van der Waals surface area contributed by atoms with E-state index in [9.17, 15) is 18.4 Å². The van der Waals surface area contributed by atoms with E-state index in [0.717, 1.165) is 19.3 Å². The molecule has 0 saturated heterocycles. The highest BCUT2D eigenvalue weighted by molar-refractivity contribution is 4.98. The third-order valence-corrected chi connectivity index (χ3v) is 4.12. The largest absolute Gasteiger partial charge is 0.401 e. The summed E-state index contributed by atoms with van der Waals surface area (Å²) in [5, 5.41) is 9.19. The molecule has 0 amide bonds. The first-order valence-electron chi connectivity index (χ1n) is 7.00. The molecule has 110 valence electrons. The van der Waals surface area contributed by atoms with Crippen molar-refractivity contribution in [1.29, 1.82) is 5.26 Å². The Hall–Kier alpha value is -0.760. The molecule has 0 N–H and O–H groups in total. The molecule has 3 atom stereocenters. The Kier molecular flexibility index (Phi) is 5.66. The number of nitrogens with zero attached hydrogens (tertiary/aromatic N) is 2. The van der Waals surface area contributed by atoms with Crippen LogP contribution in [0.15, 0.2) is 0 Å². The zero-order chi connectivity index (χ0) is 14.6. The fourth-order valence-electron chi connectivity index (χ4n) is 3.01. The summed E-state index contributed by atoms with van der Waals surface area (Å²) in [6.07, 6.45) is -0.830. The van der Waals surface area contributed by atoms with Gasteiger partial charge in [-0.2, -0.15) is 18.4 Å². The Morgan fingerprint density at radius 2 is 1.95 bits per heavy atom. The van der Waals surface area contributed by atoms with Crippen molar-refractivity contribution in [1.82, 2.24) is 4.90 Å². The number of halogens is 3. The van der Waals surface area contributed by atoms with Crippen LogP contribution in [0, 0.1) is 23.2 Å². The van der Waals surface area contributed by atoms with Crippen LogP contribution in [-0.4, -0.2) is 29.7 Å². The SMILES string of the molecule is CCC1CCC(C#N)C(N(CC(F)(F)F)C(C)C)C1. The summed E-state index contributed by atoms with van der Waals surface area (Å²) in [5.41, 5.74) is 0. The van der Waals surface area contributed by atoms with Gasteiger partial charge in [0.2, 0.25) is 0 Å². The minimum absolute atomic E-state index is 0.196. The van der Waals surface area contributed by atoms with Crippen LogP contribution in [0.2, 0.25) is 0 Å². The lowest BCUT2D eigenvalue weighted by Gasteiger charge is -2.42. The Labute approximate surface area is 113 Å². The molecule has 1 aliphatic carbocycles. The highest BCUT2D eigenvalue weighted by Crippen LogP contribution is 2.35. The summed E-state index contributed by atoms with van der Waals surface area (Å²) in [5.74, 6) is 0.177. The topological polar surface area (TPSA) is 27.0 Å². The molecular weight excluding hydrogens is 253 g/mol. The van der Waals surface area contributed by atoms with Gasteiger partial charge in [0.15, 0.2) is 0 Å². The molecule has 0 aromatic rings. The van der Waals surface area contributed by atoms with Crippen LogP contribution in [-0.2, 0) is 0 Å². The van der Waals surface area contributed by atoms with E-state index in [1.807, 2.05) is 0 Å². The standard InChI is InChI=1S/C14H23F3N2/c1-4-11-5-6-12(8-18)13(7-11)19(10(2)3)9-14(15,16)17/h10-13H,4-7,9H2,1-3H3. The molecule has 0 heterocycles. The first-order chi connectivity index (χ1) is 8.78. The fourth-order valence-corrected chi connectivity index (χ4v) is 3.01. The second-order valence-electron chi connectivity index (χ2n) is 5.77. The lowest BCUT2D eigenvalue weighted by molar-refractivity contribution is -0.159. The quantitative estimate of drug-likeness (QED) is 0.776. The van der Waals surface area contributed by atoms with E-state index in [1.165, 1.54) is 4.90 Å². The maximum atomic E-state index is 12.7. The van der Waals surface area contributed by atoms with Crippen LogP contribution in [0.1, 0.15) is 46.5 Å². The van der Waals surface area contributed by atoms with E-state index >= 15 is 0 Å². The highest BCUT2D eigenvalue weighted by Gasteiger charge is 2.40. The zero-order valence-corrected chi connectivity index (χ0v) is 11.9. The molecule has 0 radical (unpaired) electrons. The lowest BCUT2D eigenvalue weighted by Crippen LogP contribution is -2.51. The van der Waals surface area contributed by atoms with E-state index in [1.54, 1.807) is 13.8 Å². The molecule has 2 nitrogen and oxygen atoms in total. The van der Waals surface area contributed by atoms with E-state index in [-0.39, 0.29) is 18.0 Å². The molecule has 3 unspecified atom stereocenters. The number of rotatable bonds is 4. The Morgan fingerprint density at radius 1 is 1.32 bits per heavy atom. The van der Waals surface area contributed by atoms with Crippen molar-refractivity contribution in [3.8, 4) is 6.07 Å². The summed E-state index contributed by atoms with van der Waals surface area (Å²) in [7, 11) is 0. The smallest absolute Gasteiger partial charge is 0.288 e. The molecule has 1 rings (SSSR count). The van der Waals surface area contributed by atoms with E-state index in [2.05, 4.69) is 13.0 Å². The molecular formula is C14H23F3N2. The van der Waals surface area contributed by atoms with Crippen LogP contribution in [0.4, 0.5) is 13.2 Å². The van der Waals surface area contributed by atoms with Crippen LogP contribution >= 0.6 is 0 Å². The third kappa shape index (κ3) is 4.68. The normalized spacial score (nSPS) is 28.7. The number of hydrogen-bond donors (Lipinski definition) is 0. The average Bonchev–Trinajstić information content (AvgIpc) is 2.33. The molecule has 0 aromatic carbocycles. The van der Waals surface area contributed by atoms with E-state index in [0.29, 0.717) is 12.3 Å². The number of alkyl halides is 3. The Balaban J connectivity index is 2.87. The van der Waals surface area contributed by atoms with Crippen molar-refractivity contribution in [2.45, 2.75) is 64.7 Å². The van der Waals surface area contributed by atoms with Crippen molar-refractivity contribution in [3.63, 3.8) is 0 Å². The fraction of sp³-hybridized carbons (Fsp3) is 0.929. The molecule has 0 bridgehead atoms. The summed E-state index contributed by atoms with van der Waals surface area (Å²) in [4.78, 5) is 1.47. The van der Waals surface area contributed by atoms with Gasteiger partial charge >= 0.3 is 6.18 Å². The number of nitriles is 1. The van der Waals surface area contributed by atoms with Crippen LogP contribution < -0.4 is 0 Å². The zero-order valence-electron chi connectivity index (χ0n) is 11.9. The van der Waals surface area contributed by atoms with Crippen LogP contribution in [0.3, 0.4) is 0 Å². The van der Waals surface area contributed by atoms with Gasteiger partial charge in [0, 0.05) is 12.1 Å². The minimum Gasteiger partial charge on any atom is -0.288 e. The molecule has 0 aliphatic heterocycles. The second kappa shape index (κ2) is 6.60. The van der Waals surface area contributed by atoms with E-state index in [4.69, 9.17) is 0 Å². The maximum absolute atomic E-state index is 12.7. The van der Waals surface area contributed by atoms with Crippen molar-refractivity contribution < 1.29 is 13.2 Å². The molecule has 1 saturated carbocycles. The third-order valence-electron chi connectivity index (χ3n) is 4.12. The summed E-state index contributed by atoms with van der Waals surface area (Å²) < 4.78 is 38.1. The van der Waals surface area contributed by atoms with Gasteiger partial charge in [0.05, 0.1) is 18.5 Å². The molecule has 1 fully saturated rings. The van der Waals surface area contributed by atoms with Crippen molar-refractivity contribution in [2.24, 2.45) is 11.8 Å². The van der Waals surface area contributed by atoms with Gasteiger partial charge in [0.25, 0.3) is 0 Å². The highest BCUT2D eigenvalue weighted by atomic mass is 19.4. The van der Waals surface area contributed by atoms with Crippen molar-refractivity contribution in [2.75, 3.05) is 6.54 Å². The van der Waals surface area contributed by atoms with Gasteiger partial charge in [-0.3, -0.25) is 4.90 Å². The monoisotopic (exact) mass is 276 g/mol.